The van der Waals surface area contributed by atoms with Gasteiger partial charge in [0.1, 0.15) is 15.0 Å². The molecule has 0 spiro atoms. The summed E-state index contributed by atoms with van der Waals surface area (Å²) in [5.41, 5.74) is 0. The van der Waals surface area contributed by atoms with Crippen LogP contribution in [0.3, 0.4) is 0 Å². The van der Waals surface area contributed by atoms with E-state index in [1.54, 1.807) is 24.3 Å². The second-order valence-corrected chi connectivity index (χ2v) is 5.63. The first-order chi connectivity index (χ1) is 9.54. The number of hydrogen-bond donors (Lipinski definition) is 1. The lowest BCUT2D eigenvalue weighted by Gasteiger charge is -2.08. The minimum Gasteiger partial charge on any atom is -0.484 e. The van der Waals surface area contributed by atoms with Crippen LogP contribution in [-0.4, -0.2) is 22.5 Å². The van der Waals surface area contributed by atoms with Crippen LogP contribution in [0.25, 0.3) is 0 Å². The standard InChI is InChI=1S/C12H8Br2ClN3O2/c13-9-5-16-12(11(14)17-9)18-10(19)6-20-8-3-1-2-7(15)4-8/h1-5H,6H2,(H,16,18,19). The van der Waals surface area contributed by atoms with E-state index >= 15 is 0 Å². The number of nitrogens with one attached hydrogen (secondary N) is 1. The van der Waals surface area contributed by atoms with E-state index in [0.717, 1.165) is 0 Å². The van der Waals surface area contributed by atoms with E-state index in [0.29, 0.717) is 25.8 Å². The quantitative estimate of drug-likeness (QED) is 0.818. The number of rotatable bonds is 4. The second-order valence-electron chi connectivity index (χ2n) is 3.63. The molecule has 0 bridgehead atoms. The van der Waals surface area contributed by atoms with Gasteiger partial charge in [-0.3, -0.25) is 4.79 Å². The van der Waals surface area contributed by atoms with Gasteiger partial charge < -0.3 is 10.1 Å². The average molecular weight is 421 g/mol. The third-order valence-electron chi connectivity index (χ3n) is 2.12. The molecule has 1 amide bonds. The van der Waals surface area contributed by atoms with Crippen LogP contribution in [0.4, 0.5) is 5.82 Å². The summed E-state index contributed by atoms with van der Waals surface area (Å²) in [6.07, 6.45) is 1.48. The Labute approximate surface area is 137 Å². The zero-order valence-corrected chi connectivity index (χ0v) is 13.9. The number of hydrogen-bond acceptors (Lipinski definition) is 4. The highest BCUT2D eigenvalue weighted by atomic mass is 79.9. The van der Waals surface area contributed by atoms with E-state index in [1.165, 1.54) is 6.20 Å². The fourth-order valence-corrected chi connectivity index (χ4v) is 2.39. The molecule has 2 aromatic rings. The molecule has 1 aromatic heterocycles. The number of halogens is 3. The number of carbonyl (C=O) groups is 1. The highest BCUT2D eigenvalue weighted by Crippen LogP contribution is 2.20. The summed E-state index contributed by atoms with van der Waals surface area (Å²) < 4.78 is 6.32. The van der Waals surface area contributed by atoms with Crippen molar-refractivity contribution in [3.63, 3.8) is 0 Å². The summed E-state index contributed by atoms with van der Waals surface area (Å²) in [4.78, 5) is 19.8. The fraction of sp³-hybridized carbons (Fsp3) is 0.0833. The van der Waals surface area contributed by atoms with Crippen molar-refractivity contribution in [1.29, 1.82) is 0 Å². The molecule has 0 saturated heterocycles. The van der Waals surface area contributed by atoms with Gasteiger partial charge in [0.15, 0.2) is 12.4 Å². The first kappa shape index (κ1) is 15.2. The molecule has 1 heterocycles. The van der Waals surface area contributed by atoms with Gasteiger partial charge in [0, 0.05) is 5.02 Å². The highest BCUT2D eigenvalue weighted by Gasteiger charge is 2.09. The van der Waals surface area contributed by atoms with Crippen molar-refractivity contribution in [2.24, 2.45) is 0 Å². The fourth-order valence-electron chi connectivity index (χ4n) is 1.30. The third-order valence-corrected chi connectivity index (χ3v) is 3.29. The van der Waals surface area contributed by atoms with Gasteiger partial charge in [-0.2, -0.15) is 0 Å². The van der Waals surface area contributed by atoms with Crippen molar-refractivity contribution in [1.82, 2.24) is 9.97 Å². The Balaban J connectivity index is 1.92. The maximum atomic E-state index is 11.7. The van der Waals surface area contributed by atoms with Crippen molar-refractivity contribution in [2.75, 3.05) is 11.9 Å². The van der Waals surface area contributed by atoms with Crippen LogP contribution >= 0.6 is 43.5 Å². The van der Waals surface area contributed by atoms with E-state index in [2.05, 4.69) is 47.1 Å². The SMILES string of the molecule is O=C(COc1cccc(Cl)c1)Nc1ncc(Br)nc1Br. The van der Waals surface area contributed by atoms with Crippen LogP contribution in [0.1, 0.15) is 0 Å². The monoisotopic (exact) mass is 419 g/mol. The summed E-state index contributed by atoms with van der Waals surface area (Å²) in [6.45, 7) is -0.148. The molecule has 0 fully saturated rings. The number of nitrogens with zero attached hydrogens (tertiary/aromatic N) is 2. The summed E-state index contributed by atoms with van der Waals surface area (Å²) >= 11 is 12.2. The van der Waals surface area contributed by atoms with Crippen LogP contribution in [0, 0.1) is 0 Å². The molecule has 1 aromatic carbocycles. The molecule has 0 radical (unpaired) electrons. The minimum atomic E-state index is -0.345. The molecule has 5 nitrogen and oxygen atoms in total. The van der Waals surface area contributed by atoms with E-state index in [1.807, 2.05) is 0 Å². The normalized spacial score (nSPS) is 10.2. The van der Waals surface area contributed by atoms with Crippen molar-refractivity contribution in [3.8, 4) is 5.75 Å². The number of ether oxygens (including phenoxy) is 1. The van der Waals surface area contributed by atoms with Crippen LogP contribution in [0.5, 0.6) is 5.75 Å². The Morgan fingerprint density at radius 1 is 1.40 bits per heavy atom. The smallest absolute Gasteiger partial charge is 0.263 e. The van der Waals surface area contributed by atoms with E-state index in [9.17, 15) is 4.79 Å². The third kappa shape index (κ3) is 4.43. The largest absolute Gasteiger partial charge is 0.484 e. The second kappa shape index (κ2) is 7.01. The Kier molecular flexibility index (Phi) is 5.33. The molecule has 0 atom stereocenters. The Bertz CT molecular complexity index is 640. The summed E-state index contributed by atoms with van der Waals surface area (Å²) in [5.74, 6) is 0.504. The van der Waals surface area contributed by atoms with E-state index in [-0.39, 0.29) is 12.5 Å². The molecule has 0 aliphatic heterocycles. The van der Waals surface area contributed by atoms with Gasteiger partial charge in [0.05, 0.1) is 6.20 Å². The first-order valence-electron chi connectivity index (χ1n) is 5.41. The van der Waals surface area contributed by atoms with Crippen LogP contribution < -0.4 is 10.1 Å². The Morgan fingerprint density at radius 2 is 2.20 bits per heavy atom. The van der Waals surface area contributed by atoms with Gasteiger partial charge in [-0.15, -0.1) is 0 Å². The molecule has 8 heteroatoms. The van der Waals surface area contributed by atoms with Crippen molar-refractivity contribution < 1.29 is 9.53 Å². The van der Waals surface area contributed by atoms with Gasteiger partial charge in [-0.1, -0.05) is 17.7 Å². The number of anilines is 1. The first-order valence-corrected chi connectivity index (χ1v) is 7.37. The Morgan fingerprint density at radius 3 is 2.90 bits per heavy atom. The van der Waals surface area contributed by atoms with Gasteiger partial charge in [-0.05, 0) is 50.1 Å². The number of aromatic nitrogens is 2. The zero-order valence-electron chi connectivity index (χ0n) is 9.94. The molecule has 20 heavy (non-hydrogen) atoms. The van der Waals surface area contributed by atoms with Crippen LogP contribution in [-0.2, 0) is 4.79 Å². The lowest BCUT2D eigenvalue weighted by atomic mass is 10.3. The maximum absolute atomic E-state index is 11.7. The summed E-state index contributed by atoms with van der Waals surface area (Å²) in [7, 11) is 0. The van der Waals surface area contributed by atoms with Crippen molar-refractivity contribution in [2.45, 2.75) is 0 Å². The van der Waals surface area contributed by atoms with E-state index in [4.69, 9.17) is 16.3 Å². The topological polar surface area (TPSA) is 64.1 Å². The van der Waals surface area contributed by atoms with Crippen molar-refractivity contribution >= 4 is 55.2 Å². The summed E-state index contributed by atoms with van der Waals surface area (Å²) in [5, 5.41) is 3.13. The minimum absolute atomic E-state index is 0.148. The lowest BCUT2D eigenvalue weighted by molar-refractivity contribution is -0.118. The predicted octanol–water partition coefficient (Wildman–Crippen LogP) is 3.67. The number of benzene rings is 1. The number of amides is 1. The molecule has 0 unspecified atom stereocenters. The van der Waals surface area contributed by atoms with Gasteiger partial charge in [0.25, 0.3) is 5.91 Å². The Hall–Kier alpha value is -1.18. The molecular formula is C12H8Br2ClN3O2. The zero-order chi connectivity index (χ0) is 14.5. The molecule has 0 aliphatic carbocycles. The molecular weight excluding hydrogens is 413 g/mol. The molecule has 104 valence electrons. The lowest BCUT2D eigenvalue weighted by Crippen LogP contribution is -2.21. The molecule has 2 rings (SSSR count). The average Bonchev–Trinajstić information content (AvgIpc) is 2.40. The summed E-state index contributed by atoms with van der Waals surface area (Å²) in [6, 6.07) is 6.81. The molecule has 1 N–H and O–H groups in total. The molecule has 0 aliphatic rings. The maximum Gasteiger partial charge on any atom is 0.263 e. The highest BCUT2D eigenvalue weighted by molar-refractivity contribution is 9.11. The van der Waals surface area contributed by atoms with Crippen LogP contribution in [0.15, 0.2) is 39.7 Å². The number of carbonyl (C=O) groups excluding carboxylic acids is 1. The van der Waals surface area contributed by atoms with Crippen LogP contribution in [0.2, 0.25) is 5.02 Å². The van der Waals surface area contributed by atoms with Gasteiger partial charge in [-0.25, -0.2) is 9.97 Å². The van der Waals surface area contributed by atoms with Gasteiger partial charge in [0.2, 0.25) is 0 Å². The van der Waals surface area contributed by atoms with E-state index < -0.39 is 0 Å². The molecule has 0 saturated carbocycles. The predicted molar refractivity (Wildman–Crippen MR) is 83.0 cm³/mol. The van der Waals surface area contributed by atoms with Gasteiger partial charge >= 0.3 is 0 Å². The van der Waals surface area contributed by atoms with Crippen molar-refractivity contribution in [3.05, 3.63) is 44.7 Å².